The van der Waals surface area contributed by atoms with Crippen LogP contribution in [0.4, 0.5) is 5.69 Å². The molecule has 1 amide bonds. The second-order valence-electron chi connectivity index (χ2n) is 5.75. The molecule has 0 aliphatic carbocycles. The molecule has 2 aromatic carbocycles. The number of carbonyl (C=O) groups excluding carboxylic acids is 1. The Morgan fingerprint density at radius 1 is 1.24 bits per heavy atom. The number of benzene rings is 2. The molecule has 25 heavy (non-hydrogen) atoms. The summed E-state index contributed by atoms with van der Waals surface area (Å²) in [4.78, 5) is 22.4. The topological polar surface area (TPSA) is 77.2 Å². The Hall–Kier alpha value is -3.41. The Bertz CT molecular complexity index is 973. The van der Waals surface area contributed by atoms with E-state index in [-0.39, 0.29) is 12.5 Å². The number of aryl methyl sites for hydroxylation is 1. The van der Waals surface area contributed by atoms with E-state index in [1.165, 1.54) is 6.08 Å². The Morgan fingerprint density at radius 2 is 2.04 bits per heavy atom. The molecule has 0 saturated carbocycles. The van der Waals surface area contributed by atoms with Crippen LogP contribution in [0.3, 0.4) is 0 Å². The van der Waals surface area contributed by atoms with E-state index in [1.807, 2.05) is 55.5 Å². The van der Waals surface area contributed by atoms with Crippen molar-refractivity contribution in [2.75, 3.05) is 5.32 Å². The van der Waals surface area contributed by atoms with Crippen LogP contribution in [0.2, 0.25) is 0 Å². The van der Waals surface area contributed by atoms with Gasteiger partial charge in [-0.1, -0.05) is 30.3 Å². The van der Waals surface area contributed by atoms with E-state index in [9.17, 15) is 14.9 Å². The number of para-hydroxylation sites is 1. The molecule has 6 heteroatoms. The summed E-state index contributed by atoms with van der Waals surface area (Å²) in [5.41, 5.74) is 3.37. The Morgan fingerprint density at radius 3 is 2.80 bits per heavy atom. The highest BCUT2D eigenvalue weighted by Crippen LogP contribution is 2.22. The van der Waals surface area contributed by atoms with Gasteiger partial charge in [-0.25, -0.2) is 0 Å². The third-order valence-corrected chi connectivity index (χ3v) is 3.81. The Labute approximate surface area is 144 Å². The first kappa shape index (κ1) is 16.4. The Balaban J connectivity index is 1.85. The molecular weight excluding hydrogens is 318 g/mol. The standard InChI is InChI=1S/C19H17N3O3/c1-14-5-4-6-16(11-14)20-19(23)13-21-12-15(9-10-22(24)25)17-7-2-3-8-18(17)21/h2-12H,13H2,1H3,(H,20,23)/b10-9+. The average molecular weight is 335 g/mol. The van der Waals surface area contributed by atoms with Gasteiger partial charge in [0.25, 0.3) is 0 Å². The molecule has 0 saturated heterocycles. The second-order valence-corrected chi connectivity index (χ2v) is 5.75. The van der Waals surface area contributed by atoms with Gasteiger partial charge in [-0.05, 0) is 30.7 Å². The van der Waals surface area contributed by atoms with Gasteiger partial charge in [-0.15, -0.1) is 0 Å². The molecule has 1 aromatic heterocycles. The number of aromatic nitrogens is 1. The molecule has 126 valence electrons. The number of fused-ring (bicyclic) bond motifs is 1. The van der Waals surface area contributed by atoms with Gasteiger partial charge in [0.05, 0.1) is 4.92 Å². The highest BCUT2D eigenvalue weighted by atomic mass is 16.6. The molecule has 0 fully saturated rings. The maximum absolute atomic E-state index is 12.4. The summed E-state index contributed by atoms with van der Waals surface area (Å²) in [6, 6.07) is 15.1. The lowest BCUT2D eigenvalue weighted by atomic mass is 10.2. The van der Waals surface area contributed by atoms with E-state index in [0.29, 0.717) is 5.56 Å². The molecule has 3 aromatic rings. The van der Waals surface area contributed by atoms with Crippen LogP contribution in [0.1, 0.15) is 11.1 Å². The fourth-order valence-electron chi connectivity index (χ4n) is 2.76. The van der Waals surface area contributed by atoms with Gasteiger partial charge in [0, 0.05) is 34.4 Å². The summed E-state index contributed by atoms with van der Waals surface area (Å²) >= 11 is 0. The first-order chi connectivity index (χ1) is 12.0. The molecule has 0 unspecified atom stereocenters. The van der Waals surface area contributed by atoms with Crippen molar-refractivity contribution in [1.82, 2.24) is 4.57 Å². The minimum Gasteiger partial charge on any atom is -0.337 e. The number of rotatable bonds is 5. The average Bonchev–Trinajstić information content (AvgIpc) is 2.91. The summed E-state index contributed by atoms with van der Waals surface area (Å²) in [7, 11) is 0. The predicted molar refractivity (Wildman–Crippen MR) is 97.8 cm³/mol. The van der Waals surface area contributed by atoms with Crippen molar-refractivity contribution >= 4 is 28.6 Å². The van der Waals surface area contributed by atoms with E-state index in [0.717, 1.165) is 28.4 Å². The van der Waals surface area contributed by atoms with Crippen LogP contribution in [-0.2, 0) is 11.3 Å². The van der Waals surface area contributed by atoms with Crippen molar-refractivity contribution in [1.29, 1.82) is 0 Å². The number of nitrogens with zero attached hydrogens (tertiary/aromatic N) is 2. The lowest BCUT2D eigenvalue weighted by Gasteiger charge is -2.08. The van der Waals surface area contributed by atoms with Gasteiger partial charge >= 0.3 is 0 Å². The molecule has 0 aliphatic rings. The number of hydrogen-bond acceptors (Lipinski definition) is 3. The van der Waals surface area contributed by atoms with Gasteiger partial charge in [0.1, 0.15) is 6.54 Å². The van der Waals surface area contributed by atoms with Crippen LogP contribution in [0.15, 0.2) is 60.9 Å². The fourth-order valence-corrected chi connectivity index (χ4v) is 2.76. The van der Waals surface area contributed by atoms with Crippen LogP contribution >= 0.6 is 0 Å². The lowest BCUT2D eigenvalue weighted by Crippen LogP contribution is -2.18. The van der Waals surface area contributed by atoms with Crippen molar-refractivity contribution < 1.29 is 9.72 Å². The smallest absolute Gasteiger partial charge is 0.244 e. The van der Waals surface area contributed by atoms with Gasteiger partial charge < -0.3 is 9.88 Å². The number of nitro groups is 1. The molecule has 6 nitrogen and oxygen atoms in total. The van der Waals surface area contributed by atoms with Crippen molar-refractivity contribution in [3.63, 3.8) is 0 Å². The molecule has 1 N–H and O–H groups in total. The molecular formula is C19H17N3O3. The van der Waals surface area contributed by atoms with Crippen molar-refractivity contribution in [2.24, 2.45) is 0 Å². The number of hydrogen-bond donors (Lipinski definition) is 1. The number of nitrogens with one attached hydrogen (secondary N) is 1. The molecule has 0 bridgehead atoms. The molecule has 3 rings (SSSR count). The third kappa shape index (κ3) is 3.92. The van der Waals surface area contributed by atoms with Crippen LogP contribution < -0.4 is 5.32 Å². The Kier molecular flexibility index (Phi) is 4.61. The van der Waals surface area contributed by atoms with E-state index in [4.69, 9.17) is 0 Å². The van der Waals surface area contributed by atoms with Gasteiger partial charge in [0.2, 0.25) is 12.1 Å². The zero-order chi connectivity index (χ0) is 17.8. The van der Waals surface area contributed by atoms with Crippen LogP contribution in [-0.4, -0.2) is 15.4 Å². The second kappa shape index (κ2) is 7.00. The van der Waals surface area contributed by atoms with Crippen LogP contribution in [0.5, 0.6) is 0 Å². The lowest BCUT2D eigenvalue weighted by molar-refractivity contribution is -0.400. The third-order valence-electron chi connectivity index (χ3n) is 3.81. The van der Waals surface area contributed by atoms with Crippen molar-refractivity contribution in [2.45, 2.75) is 13.5 Å². The zero-order valence-corrected chi connectivity index (χ0v) is 13.7. The maximum atomic E-state index is 12.4. The molecule has 0 radical (unpaired) electrons. The quantitative estimate of drug-likeness (QED) is 0.568. The predicted octanol–water partition coefficient (Wildman–Crippen LogP) is 3.84. The highest BCUT2D eigenvalue weighted by molar-refractivity contribution is 5.94. The molecule has 0 atom stereocenters. The van der Waals surface area contributed by atoms with Crippen LogP contribution in [0, 0.1) is 17.0 Å². The summed E-state index contributed by atoms with van der Waals surface area (Å²) in [5.74, 6) is -0.156. The summed E-state index contributed by atoms with van der Waals surface area (Å²) in [6.45, 7) is 2.09. The van der Waals surface area contributed by atoms with Crippen molar-refractivity contribution in [3.05, 3.63) is 82.2 Å². The van der Waals surface area contributed by atoms with E-state index in [1.54, 1.807) is 10.8 Å². The SMILES string of the molecule is Cc1cccc(NC(=O)Cn2cc(/C=C/[N+](=O)[O-])c3ccccc32)c1. The monoisotopic (exact) mass is 335 g/mol. The molecule has 0 spiro atoms. The van der Waals surface area contributed by atoms with E-state index >= 15 is 0 Å². The first-order valence-electron chi connectivity index (χ1n) is 7.79. The van der Waals surface area contributed by atoms with E-state index < -0.39 is 4.92 Å². The number of amides is 1. The normalized spacial score (nSPS) is 11.1. The largest absolute Gasteiger partial charge is 0.337 e. The van der Waals surface area contributed by atoms with Gasteiger partial charge in [-0.3, -0.25) is 14.9 Å². The number of anilines is 1. The minimum absolute atomic E-state index is 0.126. The molecule has 0 aliphatic heterocycles. The van der Waals surface area contributed by atoms with Gasteiger partial charge in [0.15, 0.2) is 0 Å². The van der Waals surface area contributed by atoms with Crippen LogP contribution in [0.25, 0.3) is 17.0 Å². The minimum atomic E-state index is -0.503. The summed E-state index contributed by atoms with van der Waals surface area (Å²) in [5, 5.41) is 14.3. The highest BCUT2D eigenvalue weighted by Gasteiger charge is 2.10. The first-order valence-corrected chi connectivity index (χ1v) is 7.79. The zero-order valence-electron chi connectivity index (χ0n) is 13.7. The van der Waals surface area contributed by atoms with Gasteiger partial charge in [-0.2, -0.15) is 0 Å². The summed E-state index contributed by atoms with van der Waals surface area (Å²) in [6.07, 6.45) is 4.09. The van der Waals surface area contributed by atoms with Crippen molar-refractivity contribution in [3.8, 4) is 0 Å². The van der Waals surface area contributed by atoms with E-state index in [2.05, 4.69) is 5.32 Å². The number of carbonyl (C=O) groups is 1. The summed E-state index contributed by atoms with van der Waals surface area (Å²) < 4.78 is 1.79. The maximum Gasteiger partial charge on any atom is 0.244 e. The molecule has 1 heterocycles. The fraction of sp³-hybridized carbons (Fsp3) is 0.105.